The molecule has 41 heavy (non-hydrogen) atoms. The Morgan fingerprint density at radius 3 is 2.49 bits per heavy atom. The molecule has 1 saturated carbocycles. The number of hydrogen-bond acceptors (Lipinski definition) is 6. The number of aromatic nitrogens is 5. The summed E-state index contributed by atoms with van der Waals surface area (Å²) < 4.78 is 16.4. The van der Waals surface area contributed by atoms with Crippen molar-refractivity contribution in [2.45, 2.75) is 45.2 Å². The third-order valence-corrected chi connectivity index (χ3v) is 7.67. The zero-order chi connectivity index (χ0) is 28.8. The molecule has 1 atom stereocenters. The van der Waals surface area contributed by atoms with Crippen molar-refractivity contribution in [2.24, 2.45) is 5.92 Å². The highest BCUT2D eigenvalue weighted by Crippen LogP contribution is 2.32. The van der Waals surface area contributed by atoms with Gasteiger partial charge in [-0.3, -0.25) is 28.4 Å². The van der Waals surface area contributed by atoms with Crippen LogP contribution in [0.25, 0.3) is 22.6 Å². The van der Waals surface area contributed by atoms with E-state index in [-0.39, 0.29) is 47.1 Å². The highest BCUT2D eigenvalue weighted by atomic mass is 19.1. The molecule has 12 heteroatoms. The van der Waals surface area contributed by atoms with Crippen LogP contribution in [0.2, 0.25) is 0 Å². The Morgan fingerprint density at radius 1 is 1.12 bits per heavy atom. The smallest absolute Gasteiger partial charge is 0.333 e. The monoisotopic (exact) mass is 559 g/mol. The molecular weight excluding hydrogens is 529 g/mol. The number of imidazole rings is 1. The molecular formula is C29H30FN7O4. The molecule has 2 amide bonds. The van der Waals surface area contributed by atoms with Gasteiger partial charge in [-0.25, -0.2) is 19.2 Å². The van der Waals surface area contributed by atoms with E-state index in [9.17, 15) is 23.6 Å². The molecule has 0 bridgehead atoms. The molecule has 0 radical (unpaired) electrons. The number of pyridine rings is 1. The summed E-state index contributed by atoms with van der Waals surface area (Å²) in [5, 5.41) is 0. The fourth-order valence-corrected chi connectivity index (χ4v) is 5.40. The number of carbonyl (C=O) groups excluding carboxylic acids is 2. The van der Waals surface area contributed by atoms with Crippen molar-refractivity contribution in [1.29, 1.82) is 0 Å². The van der Waals surface area contributed by atoms with Gasteiger partial charge in [-0.2, -0.15) is 0 Å². The second-order valence-corrected chi connectivity index (χ2v) is 10.8. The molecule has 1 unspecified atom stereocenters. The number of hydrogen-bond donors (Lipinski definition) is 1. The van der Waals surface area contributed by atoms with Gasteiger partial charge in [0.25, 0.3) is 11.5 Å². The van der Waals surface area contributed by atoms with Gasteiger partial charge >= 0.3 is 5.69 Å². The van der Waals surface area contributed by atoms with Crippen molar-refractivity contribution in [1.82, 2.24) is 29.0 Å². The van der Waals surface area contributed by atoms with Crippen LogP contribution in [0.1, 0.15) is 49.0 Å². The molecule has 1 saturated heterocycles. The molecule has 212 valence electrons. The van der Waals surface area contributed by atoms with Crippen LogP contribution >= 0.6 is 0 Å². The fraction of sp³-hybridized carbons (Fsp3) is 0.379. The number of halogens is 1. The van der Waals surface area contributed by atoms with Crippen LogP contribution < -0.4 is 16.1 Å². The van der Waals surface area contributed by atoms with Crippen LogP contribution in [-0.2, 0) is 11.3 Å². The lowest BCUT2D eigenvalue weighted by atomic mass is 10.1. The van der Waals surface area contributed by atoms with Crippen LogP contribution in [0.3, 0.4) is 0 Å². The molecule has 11 nitrogen and oxygen atoms in total. The normalized spacial score (nSPS) is 17.0. The Kier molecular flexibility index (Phi) is 6.76. The maximum Gasteiger partial charge on any atom is 0.333 e. The molecule has 4 aromatic rings. The average Bonchev–Trinajstić information content (AvgIpc) is 3.61. The fourth-order valence-electron chi connectivity index (χ4n) is 5.40. The second-order valence-electron chi connectivity index (χ2n) is 10.8. The van der Waals surface area contributed by atoms with Gasteiger partial charge in [0.2, 0.25) is 5.91 Å². The molecule has 2 aliphatic rings. The number of fused-ring (bicyclic) bond motifs is 1. The summed E-state index contributed by atoms with van der Waals surface area (Å²) >= 11 is 0. The van der Waals surface area contributed by atoms with Crippen molar-refractivity contribution in [2.75, 3.05) is 25.0 Å². The highest BCUT2D eigenvalue weighted by Gasteiger charge is 2.32. The predicted molar refractivity (Wildman–Crippen MR) is 150 cm³/mol. The number of amides is 2. The number of aryl methyl sites for hydroxylation is 1. The van der Waals surface area contributed by atoms with Crippen molar-refractivity contribution >= 4 is 28.8 Å². The lowest BCUT2D eigenvalue weighted by Gasteiger charge is -2.25. The zero-order valence-corrected chi connectivity index (χ0v) is 22.8. The van der Waals surface area contributed by atoms with E-state index in [4.69, 9.17) is 0 Å². The molecule has 1 aromatic carbocycles. The van der Waals surface area contributed by atoms with Gasteiger partial charge in [0.1, 0.15) is 23.0 Å². The third kappa shape index (κ3) is 4.94. The topological polar surface area (TPSA) is 126 Å². The second kappa shape index (κ2) is 10.4. The van der Waals surface area contributed by atoms with E-state index in [2.05, 4.69) is 15.0 Å². The van der Waals surface area contributed by atoms with Gasteiger partial charge in [-0.05, 0) is 55.7 Å². The minimum Gasteiger partial charge on any atom is -0.345 e. The summed E-state index contributed by atoms with van der Waals surface area (Å²) in [6.07, 6.45) is 4.18. The van der Waals surface area contributed by atoms with Crippen LogP contribution in [0, 0.1) is 11.7 Å². The zero-order valence-electron chi connectivity index (χ0n) is 22.8. The lowest BCUT2D eigenvalue weighted by Crippen LogP contribution is -2.39. The molecule has 1 aliphatic heterocycles. The van der Waals surface area contributed by atoms with Crippen molar-refractivity contribution in [3.63, 3.8) is 0 Å². The number of likely N-dealkylation sites (tertiary alicyclic amines) is 1. The largest absolute Gasteiger partial charge is 0.345 e. The summed E-state index contributed by atoms with van der Waals surface area (Å²) in [4.78, 5) is 67.3. The van der Waals surface area contributed by atoms with Crippen LogP contribution in [-0.4, -0.2) is 60.9 Å². The number of rotatable bonds is 8. The number of H-pyrrole nitrogens is 1. The van der Waals surface area contributed by atoms with Crippen molar-refractivity contribution < 1.29 is 14.0 Å². The summed E-state index contributed by atoms with van der Waals surface area (Å²) in [7, 11) is 1.73. The molecule has 3 aromatic heterocycles. The van der Waals surface area contributed by atoms with Gasteiger partial charge in [-0.1, -0.05) is 6.92 Å². The van der Waals surface area contributed by atoms with E-state index in [0.29, 0.717) is 54.3 Å². The van der Waals surface area contributed by atoms with Crippen LogP contribution in [0.15, 0.2) is 52.2 Å². The molecule has 0 spiro atoms. The Balaban J connectivity index is 1.36. The predicted octanol–water partition coefficient (Wildman–Crippen LogP) is 2.96. The summed E-state index contributed by atoms with van der Waals surface area (Å²) in [6, 6.07) is 8.63. The highest BCUT2D eigenvalue weighted by molar-refractivity contribution is 6.05. The molecule has 1 N–H and O–H groups in total. The molecule has 4 heterocycles. The first-order chi connectivity index (χ1) is 19.7. The van der Waals surface area contributed by atoms with Crippen molar-refractivity contribution in [3.8, 4) is 11.4 Å². The number of nitrogens with zero attached hydrogens (tertiary/aromatic N) is 6. The minimum atomic E-state index is -0.447. The standard InChI is InChI=1S/C29H30FN7O4/c1-3-12-35-26-24(28(40)37(29(35)41)21-9-10-21)32-25(33-26)19-6-11-22(31-14-19)36(16-17-13-23(38)34(2)15-17)27(39)18-4-7-20(30)8-5-18/h4-8,11,14,17,21H,3,9-10,12-13,15-16H2,1-2H3,(H,32,33). The van der Waals surface area contributed by atoms with Crippen LogP contribution in [0.4, 0.5) is 10.2 Å². The number of carbonyl (C=O) groups is 2. The SMILES string of the molecule is CCCn1c(=O)n(C2CC2)c(=O)c2[nH]c(-c3ccc(N(CC4CC(=O)N(C)C4)C(=O)c4ccc(F)cc4)nc3)nc21. The van der Waals surface area contributed by atoms with E-state index in [0.717, 1.165) is 12.8 Å². The Bertz CT molecular complexity index is 1750. The third-order valence-electron chi connectivity index (χ3n) is 7.67. The molecule has 2 fully saturated rings. The summed E-state index contributed by atoms with van der Waals surface area (Å²) in [6.45, 7) is 3.16. The number of nitrogens with one attached hydrogen (secondary N) is 1. The number of aromatic amines is 1. The lowest BCUT2D eigenvalue weighted by molar-refractivity contribution is -0.126. The van der Waals surface area contributed by atoms with Crippen molar-refractivity contribution in [3.05, 3.63) is 74.8 Å². The summed E-state index contributed by atoms with van der Waals surface area (Å²) in [5.74, 6) is -0.135. The number of benzene rings is 1. The Hall–Kier alpha value is -4.61. The van der Waals surface area contributed by atoms with Gasteiger partial charge in [-0.15, -0.1) is 0 Å². The summed E-state index contributed by atoms with van der Waals surface area (Å²) in [5.41, 5.74) is 0.726. The van der Waals surface area contributed by atoms with Crippen LogP contribution in [0.5, 0.6) is 0 Å². The van der Waals surface area contributed by atoms with E-state index < -0.39 is 5.82 Å². The van der Waals surface area contributed by atoms with Gasteiger partial charge in [0.15, 0.2) is 5.65 Å². The first kappa shape index (κ1) is 26.6. The number of anilines is 1. The first-order valence-electron chi connectivity index (χ1n) is 13.8. The first-order valence-corrected chi connectivity index (χ1v) is 13.8. The Morgan fingerprint density at radius 2 is 1.88 bits per heavy atom. The maximum atomic E-state index is 13.5. The van der Waals surface area contributed by atoms with Gasteiger partial charge < -0.3 is 9.88 Å². The van der Waals surface area contributed by atoms with Gasteiger partial charge in [0.05, 0.1) is 0 Å². The minimum absolute atomic E-state index is 0.0136. The van der Waals surface area contributed by atoms with E-state index in [1.165, 1.54) is 33.7 Å². The molecule has 1 aliphatic carbocycles. The van der Waals surface area contributed by atoms with E-state index in [1.54, 1.807) is 34.8 Å². The Labute approximate surface area is 234 Å². The van der Waals surface area contributed by atoms with E-state index in [1.807, 2.05) is 6.92 Å². The quantitative estimate of drug-likeness (QED) is 0.354. The van der Waals surface area contributed by atoms with Gasteiger partial charge in [0, 0.05) is 62.4 Å². The maximum absolute atomic E-state index is 13.5. The molecule has 6 rings (SSSR count). The average molecular weight is 560 g/mol. The van der Waals surface area contributed by atoms with E-state index >= 15 is 0 Å².